The summed E-state index contributed by atoms with van der Waals surface area (Å²) in [6.07, 6.45) is -0.747. The van der Waals surface area contributed by atoms with Gasteiger partial charge in [-0.2, -0.15) is 13.2 Å². The summed E-state index contributed by atoms with van der Waals surface area (Å²) in [6.45, 7) is 0.235. The minimum Gasteiger partial charge on any atom is -0.379 e. The van der Waals surface area contributed by atoms with E-state index in [4.69, 9.17) is 0 Å². The molecule has 0 atom stereocenters. The molecule has 0 saturated carbocycles. The van der Waals surface area contributed by atoms with Crippen LogP contribution in [0.1, 0.15) is 11.3 Å². The van der Waals surface area contributed by atoms with Crippen molar-refractivity contribution in [2.75, 3.05) is 5.32 Å². The van der Waals surface area contributed by atoms with E-state index in [2.05, 4.69) is 26.2 Å². The molecule has 0 radical (unpaired) electrons. The second kappa shape index (κ2) is 5.34. The van der Waals surface area contributed by atoms with E-state index in [-0.39, 0.29) is 12.2 Å². The van der Waals surface area contributed by atoms with Gasteiger partial charge in [0.1, 0.15) is 0 Å². The normalized spacial score (nSPS) is 12.0. The van der Waals surface area contributed by atoms with Crippen molar-refractivity contribution < 1.29 is 13.2 Å². The van der Waals surface area contributed by atoms with Gasteiger partial charge in [-0.05, 0) is 18.2 Å². The fourth-order valence-electron chi connectivity index (χ4n) is 1.95. The molecule has 1 N–H and O–H groups in total. The minimum absolute atomic E-state index is 0.0436. The summed E-state index contributed by atoms with van der Waals surface area (Å²) in [7, 11) is 0. The Morgan fingerprint density at radius 3 is 2.86 bits per heavy atom. The highest BCUT2D eigenvalue weighted by Crippen LogP contribution is 2.36. The van der Waals surface area contributed by atoms with E-state index < -0.39 is 11.7 Å². The highest BCUT2D eigenvalue weighted by molar-refractivity contribution is 9.10. The SMILES string of the molecule is FC(F)(F)c1cc(Br)ccc1NCc1cn2ccsc2n1. The molecule has 110 valence electrons. The second-order valence-corrected chi connectivity index (χ2v) is 6.15. The number of anilines is 1. The third-order valence-electron chi connectivity index (χ3n) is 2.89. The van der Waals surface area contributed by atoms with Gasteiger partial charge in [0.15, 0.2) is 4.96 Å². The summed E-state index contributed by atoms with van der Waals surface area (Å²) < 4.78 is 41.2. The molecule has 0 fully saturated rings. The third-order valence-corrected chi connectivity index (χ3v) is 4.15. The van der Waals surface area contributed by atoms with Crippen molar-refractivity contribution in [1.82, 2.24) is 9.38 Å². The van der Waals surface area contributed by atoms with E-state index in [1.54, 1.807) is 12.3 Å². The molecule has 0 aliphatic carbocycles. The first-order valence-electron chi connectivity index (χ1n) is 5.95. The van der Waals surface area contributed by atoms with Crippen LogP contribution in [-0.4, -0.2) is 9.38 Å². The van der Waals surface area contributed by atoms with Gasteiger partial charge in [0.25, 0.3) is 0 Å². The van der Waals surface area contributed by atoms with Crippen molar-refractivity contribution in [3.05, 3.63) is 51.7 Å². The minimum atomic E-state index is -4.40. The Labute approximate surface area is 130 Å². The van der Waals surface area contributed by atoms with Gasteiger partial charge in [0, 0.05) is 27.9 Å². The first kappa shape index (κ1) is 14.4. The van der Waals surface area contributed by atoms with Crippen molar-refractivity contribution in [1.29, 1.82) is 0 Å². The van der Waals surface area contributed by atoms with Gasteiger partial charge in [0.2, 0.25) is 0 Å². The summed E-state index contributed by atoms with van der Waals surface area (Å²) in [5, 5.41) is 4.70. The Hall–Kier alpha value is -1.54. The van der Waals surface area contributed by atoms with Crippen LogP contribution in [0.2, 0.25) is 0 Å². The molecule has 1 aromatic carbocycles. The number of alkyl halides is 3. The van der Waals surface area contributed by atoms with E-state index in [9.17, 15) is 13.2 Å². The predicted octanol–water partition coefficient (Wildman–Crippen LogP) is 4.79. The molecular formula is C13H9BrF3N3S. The molecule has 3 rings (SSSR count). The van der Waals surface area contributed by atoms with Crippen LogP contribution in [0.5, 0.6) is 0 Å². The average molecular weight is 376 g/mol. The molecule has 0 saturated heterocycles. The maximum Gasteiger partial charge on any atom is 0.418 e. The Morgan fingerprint density at radius 1 is 1.33 bits per heavy atom. The standard InChI is InChI=1S/C13H9BrF3N3S/c14-8-1-2-11(10(5-8)13(15,16)17)18-6-9-7-20-3-4-21-12(20)19-9/h1-5,7,18H,6H2. The highest BCUT2D eigenvalue weighted by Gasteiger charge is 2.33. The number of nitrogens with zero attached hydrogens (tertiary/aromatic N) is 2. The molecule has 0 aliphatic heterocycles. The summed E-state index contributed by atoms with van der Waals surface area (Å²) in [5.74, 6) is 0. The Bertz CT molecular complexity index is 750. The van der Waals surface area contributed by atoms with Crippen LogP contribution >= 0.6 is 27.3 Å². The predicted molar refractivity (Wildman–Crippen MR) is 79.5 cm³/mol. The average Bonchev–Trinajstić information content (AvgIpc) is 2.96. The maximum absolute atomic E-state index is 13.0. The van der Waals surface area contributed by atoms with Crippen molar-refractivity contribution in [2.24, 2.45) is 0 Å². The van der Waals surface area contributed by atoms with Gasteiger partial charge in [-0.25, -0.2) is 4.98 Å². The summed E-state index contributed by atoms with van der Waals surface area (Å²) in [6, 6.07) is 4.04. The monoisotopic (exact) mass is 375 g/mol. The summed E-state index contributed by atoms with van der Waals surface area (Å²) >= 11 is 4.54. The Kier molecular flexibility index (Phi) is 3.66. The molecule has 0 unspecified atom stereocenters. The van der Waals surface area contributed by atoms with E-state index in [1.165, 1.54) is 17.4 Å². The van der Waals surface area contributed by atoms with Crippen molar-refractivity contribution in [3.63, 3.8) is 0 Å². The zero-order valence-electron chi connectivity index (χ0n) is 10.5. The Morgan fingerprint density at radius 2 is 2.14 bits per heavy atom. The lowest BCUT2D eigenvalue weighted by atomic mass is 10.1. The fraction of sp³-hybridized carbons (Fsp3) is 0.154. The van der Waals surface area contributed by atoms with Crippen LogP contribution in [0.25, 0.3) is 4.96 Å². The van der Waals surface area contributed by atoms with Crippen LogP contribution < -0.4 is 5.32 Å². The molecule has 0 aliphatic rings. The number of halogens is 4. The number of hydrogen-bond acceptors (Lipinski definition) is 3. The molecule has 2 heterocycles. The lowest BCUT2D eigenvalue weighted by Crippen LogP contribution is -2.11. The largest absolute Gasteiger partial charge is 0.418 e. The van der Waals surface area contributed by atoms with Crippen LogP contribution in [0.15, 0.2) is 40.4 Å². The molecule has 0 bridgehead atoms. The molecule has 0 spiro atoms. The van der Waals surface area contributed by atoms with Crippen molar-refractivity contribution in [2.45, 2.75) is 12.7 Å². The summed E-state index contributed by atoms with van der Waals surface area (Å²) in [5.41, 5.74) is 0.0397. The maximum atomic E-state index is 13.0. The Balaban J connectivity index is 1.83. The van der Waals surface area contributed by atoms with Crippen LogP contribution in [-0.2, 0) is 12.7 Å². The van der Waals surface area contributed by atoms with Crippen molar-refractivity contribution in [3.8, 4) is 0 Å². The zero-order valence-corrected chi connectivity index (χ0v) is 12.9. The smallest absolute Gasteiger partial charge is 0.379 e. The van der Waals surface area contributed by atoms with Crippen molar-refractivity contribution >= 4 is 37.9 Å². The van der Waals surface area contributed by atoms with E-state index in [1.807, 2.05) is 16.0 Å². The molecule has 21 heavy (non-hydrogen) atoms. The lowest BCUT2D eigenvalue weighted by Gasteiger charge is -2.14. The molecular weight excluding hydrogens is 367 g/mol. The van der Waals surface area contributed by atoms with Gasteiger partial charge < -0.3 is 5.32 Å². The lowest BCUT2D eigenvalue weighted by molar-refractivity contribution is -0.137. The molecule has 3 nitrogen and oxygen atoms in total. The first-order chi connectivity index (χ1) is 9.93. The van der Waals surface area contributed by atoms with Gasteiger partial charge in [0.05, 0.1) is 17.8 Å². The molecule has 2 aromatic heterocycles. The number of aromatic nitrogens is 2. The van der Waals surface area contributed by atoms with Gasteiger partial charge >= 0.3 is 6.18 Å². The summed E-state index contributed by atoms with van der Waals surface area (Å²) in [4.78, 5) is 5.14. The van der Waals surface area contributed by atoms with Gasteiger partial charge in [-0.15, -0.1) is 11.3 Å². The quantitative estimate of drug-likeness (QED) is 0.712. The van der Waals surface area contributed by atoms with Crippen LogP contribution in [0.4, 0.5) is 18.9 Å². The van der Waals surface area contributed by atoms with Gasteiger partial charge in [-0.3, -0.25) is 4.40 Å². The van der Waals surface area contributed by atoms with E-state index in [0.717, 1.165) is 11.0 Å². The number of benzene rings is 1. The van der Waals surface area contributed by atoms with E-state index >= 15 is 0 Å². The molecule has 8 heteroatoms. The second-order valence-electron chi connectivity index (χ2n) is 4.37. The fourth-order valence-corrected chi connectivity index (χ4v) is 3.03. The topological polar surface area (TPSA) is 29.3 Å². The zero-order chi connectivity index (χ0) is 15.0. The number of hydrogen-bond donors (Lipinski definition) is 1. The molecule has 3 aromatic rings. The first-order valence-corrected chi connectivity index (χ1v) is 7.62. The number of fused-ring (bicyclic) bond motifs is 1. The van der Waals surface area contributed by atoms with Gasteiger partial charge in [-0.1, -0.05) is 15.9 Å². The van der Waals surface area contributed by atoms with E-state index in [0.29, 0.717) is 10.2 Å². The van der Waals surface area contributed by atoms with Crippen LogP contribution in [0.3, 0.4) is 0 Å². The number of imidazole rings is 1. The number of nitrogens with one attached hydrogen (secondary N) is 1. The van der Waals surface area contributed by atoms with Crippen LogP contribution in [0, 0.1) is 0 Å². The third kappa shape index (κ3) is 3.06. The number of thiazole rings is 1. The number of rotatable bonds is 3. The highest BCUT2D eigenvalue weighted by atomic mass is 79.9. The molecule has 0 amide bonds.